The van der Waals surface area contributed by atoms with Crippen LogP contribution < -0.4 is 14.8 Å². The van der Waals surface area contributed by atoms with Crippen LogP contribution in [0.3, 0.4) is 0 Å². The van der Waals surface area contributed by atoms with E-state index in [0.29, 0.717) is 34.5 Å². The van der Waals surface area contributed by atoms with Crippen molar-refractivity contribution in [1.29, 1.82) is 0 Å². The fraction of sp³-hybridized carbons (Fsp3) is 0.107. The Hall–Kier alpha value is -3.67. The van der Waals surface area contributed by atoms with E-state index in [9.17, 15) is 9.90 Å². The highest BCUT2D eigenvalue weighted by molar-refractivity contribution is 6.42. The van der Waals surface area contributed by atoms with Gasteiger partial charge in [0, 0.05) is 18.2 Å². The van der Waals surface area contributed by atoms with E-state index in [0.717, 1.165) is 22.4 Å². The molecule has 2 N–H and O–H groups in total. The maximum atomic E-state index is 12.9. The molecule has 0 heterocycles. The van der Waals surface area contributed by atoms with Crippen LogP contribution in [0.25, 0.3) is 11.1 Å². The molecule has 0 aromatic heterocycles. The van der Waals surface area contributed by atoms with Crippen LogP contribution in [0.1, 0.15) is 15.9 Å². The molecule has 4 rings (SSSR count). The third-order valence-electron chi connectivity index (χ3n) is 5.42. The molecule has 0 spiro atoms. The molecule has 0 unspecified atom stereocenters. The van der Waals surface area contributed by atoms with Gasteiger partial charge in [-0.25, -0.2) is 0 Å². The molecule has 35 heavy (non-hydrogen) atoms. The van der Waals surface area contributed by atoms with Crippen LogP contribution in [0, 0.1) is 0 Å². The fourth-order valence-corrected chi connectivity index (χ4v) is 3.92. The van der Waals surface area contributed by atoms with Gasteiger partial charge < -0.3 is 19.9 Å². The van der Waals surface area contributed by atoms with Crippen LogP contribution in [0.5, 0.6) is 17.2 Å². The number of nitrogens with one attached hydrogen (secondary N) is 1. The van der Waals surface area contributed by atoms with Gasteiger partial charge in [-0.2, -0.15) is 0 Å². The van der Waals surface area contributed by atoms with E-state index in [-0.39, 0.29) is 11.3 Å². The molecule has 0 fully saturated rings. The lowest BCUT2D eigenvalue weighted by atomic mass is 10.0. The Labute approximate surface area is 213 Å². The summed E-state index contributed by atoms with van der Waals surface area (Å²) in [6.45, 7) is 0.449. The van der Waals surface area contributed by atoms with Gasteiger partial charge in [-0.3, -0.25) is 4.79 Å². The predicted octanol–water partition coefficient (Wildman–Crippen LogP) is 7.25. The number of phenolic OH excluding ortho intramolecular Hbond substituents is 1. The van der Waals surface area contributed by atoms with Crippen molar-refractivity contribution in [3.8, 4) is 28.4 Å². The molecule has 0 aliphatic rings. The summed E-state index contributed by atoms with van der Waals surface area (Å²) in [6, 6.07) is 24.9. The number of aromatic hydroxyl groups is 1. The minimum Gasteiger partial charge on any atom is -0.507 e. The molecule has 4 aromatic carbocycles. The zero-order valence-corrected chi connectivity index (χ0v) is 20.4. The first-order valence-electron chi connectivity index (χ1n) is 10.9. The SMILES string of the molecule is COc1ccccc1CCOc1cccc(NC(=O)c2cc(-c3ccc(Cl)c(Cl)c3)ccc2O)c1. The molecule has 7 heteroatoms. The standard InChI is InChI=1S/C28H23Cl2NO4/c1-34-27-8-3-2-5-18(27)13-14-35-22-7-4-6-21(17-22)31-28(33)23-15-19(10-12-26(23)32)20-9-11-24(29)25(30)16-20/h2-12,15-17,32H,13-14H2,1H3,(H,31,33). The summed E-state index contributed by atoms with van der Waals surface area (Å²) in [7, 11) is 1.64. The monoisotopic (exact) mass is 507 g/mol. The van der Waals surface area contributed by atoms with Crippen LogP contribution in [-0.2, 0) is 6.42 Å². The first kappa shape index (κ1) is 24.5. The van der Waals surface area contributed by atoms with Crippen molar-refractivity contribution in [2.75, 3.05) is 19.0 Å². The minimum absolute atomic E-state index is 0.129. The summed E-state index contributed by atoms with van der Waals surface area (Å²) in [5.74, 6) is 0.859. The molecule has 5 nitrogen and oxygen atoms in total. The Bertz CT molecular complexity index is 1360. The van der Waals surface area contributed by atoms with Gasteiger partial charge in [0.05, 0.1) is 29.3 Å². The number of phenols is 1. The van der Waals surface area contributed by atoms with Gasteiger partial charge in [0.25, 0.3) is 5.91 Å². The number of amides is 1. The van der Waals surface area contributed by atoms with E-state index in [4.69, 9.17) is 32.7 Å². The number of halogens is 2. The number of methoxy groups -OCH3 is 1. The average molecular weight is 508 g/mol. The lowest BCUT2D eigenvalue weighted by molar-refractivity contribution is 0.102. The van der Waals surface area contributed by atoms with E-state index in [1.54, 1.807) is 55.6 Å². The lowest BCUT2D eigenvalue weighted by Gasteiger charge is -2.12. The van der Waals surface area contributed by atoms with E-state index in [1.807, 2.05) is 30.3 Å². The van der Waals surface area contributed by atoms with Crippen LogP contribution in [0.15, 0.2) is 84.9 Å². The number of hydrogen-bond donors (Lipinski definition) is 2. The van der Waals surface area contributed by atoms with Crippen molar-refractivity contribution in [2.45, 2.75) is 6.42 Å². The molecule has 4 aromatic rings. The average Bonchev–Trinajstić information content (AvgIpc) is 2.86. The van der Waals surface area contributed by atoms with E-state index < -0.39 is 5.91 Å². The molecule has 0 saturated carbocycles. The highest BCUT2D eigenvalue weighted by Crippen LogP contribution is 2.31. The normalized spacial score (nSPS) is 10.6. The van der Waals surface area contributed by atoms with E-state index in [1.165, 1.54) is 6.07 Å². The number of carbonyl (C=O) groups excluding carboxylic acids is 1. The maximum absolute atomic E-state index is 12.9. The van der Waals surface area contributed by atoms with Crippen LogP contribution in [0.2, 0.25) is 10.0 Å². The molecule has 0 bridgehead atoms. The third kappa shape index (κ3) is 6.07. The van der Waals surface area contributed by atoms with Gasteiger partial charge in [-0.05, 0) is 59.2 Å². The molecule has 1 amide bonds. The number of anilines is 1. The van der Waals surface area contributed by atoms with Crippen molar-refractivity contribution in [3.63, 3.8) is 0 Å². The summed E-state index contributed by atoms with van der Waals surface area (Å²) in [6.07, 6.45) is 0.677. The van der Waals surface area contributed by atoms with Gasteiger partial charge >= 0.3 is 0 Å². The van der Waals surface area contributed by atoms with Crippen molar-refractivity contribution in [1.82, 2.24) is 0 Å². The van der Waals surface area contributed by atoms with Gasteiger partial charge in [0.1, 0.15) is 17.2 Å². The largest absolute Gasteiger partial charge is 0.507 e. The first-order chi connectivity index (χ1) is 16.9. The number of hydrogen-bond acceptors (Lipinski definition) is 4. The Morgan fingerprint density at radius 1 is 0.886 bits per heavy atom. The third-order valence-corrected chi connectivity index (χ3v) is 6.16. The number of carbonyl (C=O) groups is 1. The van der Waals surface area contributed by atoms with Crippen LogP contribution >= 0.6 is 23.2 Å². The van der Waals surface area contributed by atoms with E-state index in [2.05, 4.69) is 5.32 Å². The second-order valence-electron chi connectivity index (χ2n) is 7.75. The van der Waals surface area contributed by atoms with Crippen molar-refractivity contribution >= 4 is 34.8 Å². The number of ether oxygens (including phenoxy) is 2. The zero-order chi connectivity index (χ0) is 24.8. The smallest absolute Gasteiger partial charge is 0.259 e. The van der Waals surface area contributed by atoms with Crippen LogP contribution in [-0.4, -0.2) is 24.7 Å². The predicted molar refractivity (Wildman–Crippen MR) is 140 cm³/mol. The second kappa shape index (κ2) is 11.2. The molecule has 178 valence electrons. The molecule has 0 aliphatic heterocycles. The van der Waals surface area contributed by atoms with Crippen molar-refractivity contribution < 1.29 is 19.4 Å². The summed E-state index contributed by atoms with van der Waals surface area (Å²) in [5.41, 5.74) is 3.23. The highest BCUT2D eigenvalue weighted by atomic mass is 35.5. The summed E-state index contributed by atoms with van der Waals surface area (Å²) in [4.78, 5) is 12.9. The molecule has 0 radical (unpaired) electrons. The summed E-state index contributed by atoms with van der Waals surface area (Å²) in [5, 5.41) is 14.0. The Morgan fingerprint density at radius 3 is 2.46 bits per heavy atom. The van der Waals surface area contributed by atoms with Crippen molar-refractivity contribution in [3.05, 3.63) is 106 Å². The Morgan fingerprint density at radius 2 is 1.66 bits per heavy atom. The molecule has 0 aliphatic carbocycles. The maximum Gasteiger partial charge on any atom is 0.259 e. The lowest BCUT2D eigenvalue weighted by Crippen LogP contribution is -2.12. The van der Waals surface area contributed by atoms with E-state index >= 15 is 0 Å². The van der Waals surface area contributed by atoms with Gasteiger partial charge in [0.15, 0.2) is 0 Å². The van der Waals surface area contributed by atoms with Gasteiger partial charge in [-0.15, -0.1) is 0 Å². The fourth-order valence-electron chi connectivity index (χ4n) is 3.62. The zero-order valence-electron chi connectivity index (χ0n) is 18.9. The molecule has 0 atom stereocenters. The summed E-state index contributed by atoms with van der Waals surface area (Å²) >= 11 is 12.1. The summed E-state index contributed by atoms with van der Waals surface area (Å²) < 4.78 is 11.3. The quantitative estimate of drug-likeness (QED) is 0.263. The molecular weight excluding hydrogens is 485 g/mol. The first-order valence-corrected chi connectivity index (χ1v) is 11.6. The number of benzene rings is 4. The molecular formula is C28H23Cl2NO4. The minimum atomic E-state index is -0.449. The Balaban J connectivity index is 1.44. The molecule has 0 saturated heterocycles. The van der Waals surface area contributed by atoms with Gasteiger partial charge in [0.2, 0.25) is 0 Å². The number of para-hydroxylation sites is 1. The number of rotatable bonds is 8. The van der Waals surface area contributed by atoms with Crippen molar-refractivity contribution in [2.24, 2.45) is 0 Å². The highest BCUT2D eigenvalue weighted by Gasteiger charge is 2.14. The van der Waals surface area contributed by atoms with Crippen LogP contribution in [0.4, 0.5) is 5.69 Å². The Kier molecular flexibility index (Phi) is 7.80. The second-order valence-corrected chi connectivity index (χ2v) is 8.57. The topological polar surface area (TPSA) is 67.8 Å². The van der Waals surface area contributed by atoms with Gasteiger partial charge in [-0.1, -0.05) is 59.6 Å².